The van der Waals surface area contributed by atoms with Gasteiger partial charge in [-0.1, -0.05) is 0 Å². The van der Waals surface area contributed by atoms with Crippen molar-refractivity contribution in [3.05, 3.63) is 16.0 Å². The first-order valence-electron chi connectivity index (χ1n) is 4.04. The largest absolute Gasteiger partial charge is 0.455 e. The Bertz CT molecular complexity index is 361. The van der Waals surface area contributed by atoms with Crippen molar-refractivity contribution in [2.45, 2.75) is 18.1 Å². The van der Waals surface area contributed by atoms with Gasteiger partial charge in [-0.15, -0.1) is 0 Å². The molecular formula is C7H7F5IN3. The standard InChI is InChI=1S/C7H7F5IN3/c8-6(9,7(10,11)12)5(1-14)16-3-4(13)2-15-16/h2-3,5H,1,14H2. The van der Waals surface area contributed by atoms with Gasteiger partial charge in [-0.2, -0.15) is 27.1 Å². The van der Waals surface area contributed by atoms with Crippen molar-refractivity contribution in [1.29, 1.82) is 0 Å². The first-order chi connectivity index (χ1) is 7.20. The van der Waals surface area contributed by atoms with Crippen molar-refractivity contribution in [2.75, 3.05) is 6.54 Å². The van der Waals surface area contributed by atoms with E-state index < -0.39 is 24.7 Å². The zero-order chi connectivity index (χ0) is 12.6. The van der Waals surface area contributed by atoms with Crippen molar-refractivity contribution in [3.8, 4) is 0 Å². The van der Waals surface area contributed by atoms with Gasteiger partial charge in [0.1, 0.15) is 6.04 Å². The molecule has 0 aliphatic carbocycles. The smallest absolute Gasteiger partial charge is 0.328 e. The Morgan fingerprint density at radius 2 is 1.94 bits per heavy atom. The molecule has 3 nitrogen and oxygen atoms in total. The van der Waals surface area contributed by atoms with E-state index in [1.807, 2.05) is 0 Å². The Balaban J connectivity index is 3.08. The first-order valence-corrected chi connectivity index (χ1v) is 5.12. The van der Waals surface area contributed by atoms with E-state index in [9.17, 15) is 22.0 Å². The van der Waals surface area contributed by atoms with Gasteiger partial charge in [0.25, 0.3) is 0 Å². The van der Waals surface area contributed by atoms with Crippen LogP contribution in [0.5, 0.6) is 0 Å². The maximum Gasteiger partial charge on any atom is 0.455 e. The lowest BCUT2D eigenvalue weighted by Gasteiger charge is -2.27. The third-order valence-corrected chi connectivity index (χ3v) is 2.47. The van der Waals surface area contributed by atoms with Gasteiger partial charge in [0.2, 0.25) is 0 Å². The number of rotatable bonds is 3. The van der Waals surface area contributed by atoms with E-state index in [4.69, 9.17) is 5.73 Å². The average Bonchev–Trinajstić information content (AvgIpc) is 2.50. The predicted octanol–water partition coefficient (Wildman–Crippen LogP) is 2.19. The SMILES string of the molecule is NCC(n1cc(I)cn1)C(F)(F)C(F)(F)F. The molecule has 1 rings (SSSR count). The minimum Gasteiger partial charge on any atom is -0.328 e. The lowest BCUT2D eigenvalue weighted by atomic mass is 10.1. The fourth-order valence-corrected chi connectivity index (χ4v) is 1.51. The minimum absolute atomic E-state index is 0.453. The van der Waals surface area contributed by atoms with Crippen LogP contribution in [0.4, 0.5) is 22.0 Å². The molecule has 0 aliphatic heterocycles. The summed E-state index contributed by atoms with van der Waals surface area (Å²) in [7, 11) is 0. The van der Waals surface area contributed by atoms with Crippen molar-refractivity contribution in [2.24, 2.45) is 5.73 Å². The van der Waals surface area contributed by atoms with Crippen LogP contribution in [0.25, 0.3) is 0 Å². The highest BCUT2D eigenvalue weighted by atomic mass is 127. The van der Waals surface area contributed by atoms with E-state index in [-0.39, 0.29) is 0 Å². The highest BCUT2D eigenvalue weighted by Crippen LogP contribution is 2.42. The van der Waals surface area contributed by atoms with Gasteiger partial charge in [-0.05, 0) is 22.6 Å². The van der Waals surface area contributed by atoms with Crippen LogP contribution < -0.4 is 5.73 Å². The van der Waals surface area contributed by atoms with Gasteiger partial charge in [-0.3, -0.25) is 4.68 Å². The highest BCUT2D eigenvalue weighted by Gasteiger charge is 2.62. The number of alkyl halides is 5. The summed E-state index contributed by atoms with van der Waals surface area (Å²) in [5.41, 5.74) is 4.95. The summed E-state index contributed by atoms with van der Waals surface area (Å²) in [6.45, 7) is -0.857. The average molecular weight is 355 g/mol. The van der Waals surface area contributed by atoms with Crippen LogP contribution >= 0.6 is 22.6 Å². The molecule has 1 unspecified atom stereocenters. The summed E-state index contributed by atoms with van der Waals surface area (Å²) in [5, 5.41) is 3.42. The van der Waals surface area contributed by atoms with Crippen LogP contribution in [0, 0.1) is 3.57 Å². The third kappa shape index (κ3) is 2.44. The maximum absolute atomic E-state index is 13.0. The molecule has 1 heterocycles. The number of aromatic nitrogens is 2. The van der Waals surface area contributed by atoms with E-state index in [2.05, 4.69) is 5.10 Å². The summed E-state index contributed by atoms with van der Waals surface area (Å²) in [6.07, 6.45) is -3.39. The molecule has 1 aromatic heterocycles. The third-order valence-electron chi connectivity index (χ3n) is 1.91. The molecule has 0 bridgehead atoms. The predicted molar refractivity (Wildman–Crippen MR) is 54.0 cm³/mol. The minimum atomic E-state index is -5.64. The number of hydrogen-bond acceptors (Lipinski definition) is 2. The molecule has 0 fully saturated rings. The Morgan fingerprint density at radius 3 is 2.25 bits per heavy atom. The van der Waals surface area contributed by atoms with Gasteiger partial charge >= 0.3 is 12.1 Å². The summed E-state index contributed by atoms with van der Waals surface area (Å²) in [6, 6.07) is -2.23. The Labute approximate surface area is 101 Å². The van der Waals surface area contributed by atoms with E-state index >= 15 is 0 Å². The lowest BCUT2D eigenvalue weighted by molar-refractivity contribution is -0.298. The van der Waals surface area contributed by atoms with E-state index in [1.54, 1.807) is 22.6 Å². The fourth-order valence-electron chi connectivity index (χ4n) is 1.10. The highest BCUT2D eigenvalue weighted by molar-refractivity contribution is 14.1. The van der Waals surface area contributed by atoms with Crippen LogP contribution in [0.1, 0.15) is 6.04 Å². The van der Waals surface area contributed by atoms with Crippen LogP contribution in [-0.4, -0.2) is 28.4 Å². The Morgan fingerprint density at radius 1 is 1.38 bits per heavy atom. The number of nitrogens with zero attached hydrogens (tertiary/aromatic N) is 2. The van der Waals surface area contributed by atoms with E-state index in [1.165, 1.54) is 6.20 Å². The second-order valence-corrected chi connectivity index (χ2v) is 4.26. The van der Waals surface area contributed by atoms with Gasteiger partial charge in [0.05, 0.1) is 9.77 Å². The molecule has 0 spiro atoms. The molecule has 0 aliphatic rings. The summed E-state index contributed by atoms with van der Waals surface area (Å²) in [4.78, 5) is 0. The second-order valence-electron chi connectivity index (χ2n) is 3.01. The second kappa shape index (κ2) is 4.43. The zero-order valence-electron chi connectivity index (χ0n) is 7.68. The van der Waals surface area contributed by atoms with Crippen LogP contribution in [0.3, 0.4) is 0 Å². The van der Waals surface area contributed by atoms with Crippen molar-refractivity contribution in [1.82, 2.24) is 9.78 Å². The lowest BCUT2D eigenvalue weighted by Crippen LogP contribution is -2.47. The fraction of sp³-hybridized carbons (Fsp3) is 0.571. The summed E-state index contributed by atoms with van der Waals surface area (Å²) in [5.74, 6) is -4.91. The molecule has 2 N–H and O–H groups in total. The van der Waals surface area contributed by atoms with E-state index in [0.717, 1.165) is 6.20 Å². The Kier molecular flexibility index (Phi) is 3.77. The molecular weight excluding hydrogens is 348 g/mol. The summed E-state index contributed by atoms with van der Waals surface area (Å²) < 4.78 is 63.4. The number of halogens is 6. The molecule has 1 aromatic rings. The quantitative estimate of drug-likeness (QED) is 0.668. The molecule has 0 saturated heterocycles. The van der Waals surface area contributed by atoms with Gasteiger partial charge in [-0.25, -0.2) is 0 Å². The van der Waals surface area contributed by atoms with E-state index in [0.29, 0.717) is 8.25 Å². The molecule has 9 heteroatoms. The normalized spacial score (nSPS) is 15.2. The molecule has 0 saturated carbocycles. The van der Waals surface area contributed by atoms with Gasteiger partial charge < -0.3 is 5.73 Å². The molecule has 0 amide bonds. The van der Waals surface area contributed by atoms with Gasteiger partial charge in [0, 0.05) is 12.7 Å². The maximum atomic E-state index is 13.0. The van der Waals surface area contributed by atoms with Crippen LogP contribution in [0.2, 0.25) is 0 Å². The van der Waals surface area contributed by atoms with Gasteiger partial charge in [0.15, 0.2) is 0 Å². The van der Waals surface area contributed by atoms with Crippen LogP contribution in [0.15, 0.2) is 12.4 Å². The zero-order valence-corrected chi connectivity index (χ0v) is 9.84. The van der Waals surface area contributed by atoms with Crippen molar-refractivity contribution < 1.29 is 22.0 Å². The first kappa shape index (κ1) is 13.6. The monoisotopic (exact) mass is 355 g/mol. The Hall–Kier alpha value is -0.450. The molecule has 16 heavy (non-hydrogen) atoms. The number of hydrogen-bond donors (Lipinski definition) is 1. The molecule has 0 aromatic carbocycles. The molecule has 1 atom stereocenters. The topological polar surface area (TPSA) is 43.8 Å². The number of nitrogens with two attached hydrogens (primary N) is 1. The van der Waals surface area contributed by atoms with Crippen molar-refractivity contribution in [3.63, 3.8) is 0 Å². The van der Waals surface area contributed by atoms with Crippen molar-refractivity contribution >= 4 is 22.6 Å². The molecule has 92 valence electrons. The molecule has 0 radical (unpaired) electrons. The van der Waals surface area contributed by atoms with Crippen LogP contribution in [-0.2, 0) is 0 Å². The summed E-state index contributed by atoms with van der Waals surface area (Å²) >= 11 is 1.75.